The van der Waals surface area contributed by atoms with Crippen LogP contribution in [0.1, 0.15) is 0 Å². The topological polar surface area (TPSA) is 192 Å². The molecule has 5 atom stereocenters. The van der Waals surface area contributed by atoms with E-state index in [1.807, 2.05) is 0 Å². The molecule has 1 aliphatic heterocycles. The number of hydrogen-bond acceptors (Lipinski definition) is 14. The maximum Gasteiger partial charge on any atom is 0.297 e. The molecule has 1 saturated heterocycles. The van der Waals surface area contributed by atoms with Gasteiger partial charge in [0.15, 0.2) is 12.4 Å². The zero-order valence-electron chi connectivity index (χ0n) is 25.5. The lowest BCUT2D eigenvalue weighted by Crippen LogP contribution is -2.62. The smallest absolute Gasteiger partial charge is 0.297 e. The first kappa shape index (κ1) is 36.7. The Morgan fingerprint density at radius 1 is 0.469 bits per heavy atom. The van der Waals surface area contributed by atoms with E-state index < -0.39 is 77.8 Å². The third-order valence-electron chi connectivity index (χ3n) is 7.05. The minimum atomic E-state index is -4.83. The predicted molar refractivity (Wildman–Crippen MR) is 171 cm³/mol. The highest BCUT2D eigenvalue weighted by Crippen LogP contribution is 2.35. The quantitative estimate of drug-likeness (QED) is 0.171. The molecular weight excluding hydrogens is 725 g/mol. The molecule has 0 unspecified atom stereocenters. The van der Waals surface area contributed by atoms with Crippen LogP contribution in [0.3, 0.4) is 0 Å². The van der Waals surface area contributed by atoms with Gasteiger partial charge in [0.2, 0.25) is 0 Å². The van der Waals surface area contributed by atoms with Crippen LogP contribution in [0, 0.1) is 0 Å². The second kappa shape index (κ2) is 15.1. The average Bonchev–Trinajstić information content (AvgIpc) is 3.10. The van der Waals surface area contributed by atoms with Crippen LogP contribution >= 0.6 is 0 Å². The zero-order chi connectivity index (χ0) is 35.3. The Hall–Kier alpha value is -3.56. The van der Waals surface area contributed by atoms with Crippen molar-refractivity contribution in [3.05, 3.63) is 121 Å². The molecule has 0 radical (unpaired) electrons. The van der Waals surface area contributed by atoms with Crippen molar-refractivity contribution in [1.82, 2.24) is 0 Å². The summed E-state index contributed by atoms with van der Waals surface area (Å²) in [7, 11) is -17.8. The summed E-state index contributed by atoms with van der Waals surface area (Å²) in [6.07, 6.45) is -9.92. The molecule has 0 spiro atoms. The molecule has 49 heavy (non-hydrogen) atoms. The summed E-state index contributed by atoms with van der Waals surface area (Å²) in [5.74, 6) is 0. The van der Waals surface area contributed by atoms with E-state index >= 15 is 0 Å². The summed E-state index contributed by atoms with van der Waals surface area (Å²) in [6.45, 7) is -0.963. The third-order valence-corrected chi connectivity index (χ3v) is 12.3. The van der Waals surface area contributed by atoms with Crippen LogP contribution in [0.4, 0.5) is 0 Å². The van der Waals surface area contributed by atoms with Gasteiger partial charge in [-0.3, -0.25) is 16.7 Å². The fourth-order valence-electron chi connectivity index (χ4n) is 4.71. The third kappa shape index (κ3) is 8.79. The standard InChI is InChI=1S/C31H30O14S4/c1-40-31-30(45-49(38,39)26-20-12-5-13-21-26)29(44-48(36,37)25-18-10-4-11-19-25)28(43-47(34,35)24-16-8-3-9-17-24)27(42-31)22-41-46(32,33)23-14-6-2-7-15-23/h2-21,27-31H,22H2,1H3/t27-,28-,29+,30-,31+/m1/s1. The molecule has 0 saturated carbocycles. The Morgan fingerprint density at radius 3 is 1.16 bits per heavy atom. The van der Waals surface area contributed by atoms with E-state index in [1.165, 1.54) is 109 Å². The fraction of sp³-hybridized carbons (Fsp3) is 0.226. The molecule has 1 fully saturated rings. The molecule has 1 aliphatic rings. The summed E-state index contributed by atoms with van der Waals surface area (Å²) in [6, 6.07) is 27.1. The molecule has 0 aliphatic carbocycles. The van der Waals surface area contributed by atoms with Gasteiger partial charge in [0.1, 0.15) is 18.3 Å². The molecule has 0 N–H and O–H groups in total. The first-order valence-corrected chi connectivity index (χ1v) is 19.9. The van der Waals surface area contributed by atoms with Crippen molar-refractivity contribution in [3.8, 4) is 0 Å². The minimum absolute atomic E-state index is 0.252. The molecule has 4 aromatic carbocycles. The molecule has 0 aromatic heterocycles. The zero-order valence-corrected chi connectivity index (χ0v) is 28.8. The van der Waals surface area contributed by atoms with Gasteiger partial charge in [-0.1, -0.05) is 72.8 Å². The number of ether oxygens (including phenoxy) is 2. The highest BCUT2D eigenvalue weighted by molar-refractivity contribution is 7.87. The van der Waals surface area contributed by atoms with Crippen LogP contribution in [0.25, 0.3) is 0 Å². The van der Waals surface area contributed by atoms with E-state index in [4.69, 9.17) is 26.2 Å². The van der Waals surface area contributed by atoms with E-state index in [1.54, 1.807) is 12.1 Å². The molecule has 18 heteroatoms. The van der Waals surface area contributed by atoms with E-state index in [0.29, 0.717) is 0 Å². The average molecular weight is 755 g/mol. The van der Waals surface area contributed by atoms with Crippen molar-refractivity contribution in [3.63, 3.8) is 0 Å². The van der Waals surface area contributed by atoms with E-state index in [0.717, 1.165) is 7.11 Å². The number of methoxy groups -OCH3 is 1. The first-order chi connectivity index (χ1) is 23.2. The molecule has 4 aromatic rings. The predicted octanol–water partition coefficient (Wildman–Crippen LogP) is 3.09. The van der Waals surface area contributed by atoms with Crippen LogP contribution in [-0.2, 0) is 66.7 Å². The van der Waals surface area contributed by atoms with E-state index in [2.05, 4.69) is 0 Å². The number of hydrogen-bond donors (Lipinski definition) is 0. The number of benzene rings is 4. The van der Waals surface area contributed by atoms with Crippen molar-refractivity contribution in [2.75, 3.05) is 13.7 Å². The summed E-state index contributed by atoms with van der Waals surface area (Å²) < 4.78 is 140. The van der Waals surface area contributed by atoms with Crippen molar-refractivity contribution in [2.45, 2.75) is 50.3 Å². The monoisotopic (exact) mass is 754 g/mol. The van der Waals surface area contributed by atoms with E-state index in [-0.39, 0.29) is 19.6 Å². The highest BCUT2D eigenvalue weighted by atomic mass is 32.2. The molecule has 1 heterocycles. The first-order valence-electron chi connectivity index (χ1n) is 14.3. The normalized spacial score (nSPS) is 22.0. The lowest BCUT2D eigenvalue weighted by Gasteiger charge is -2.43. The Morgan fingerprint density at radius 2 is 0.796 bits per heavy atom. The van der Waals surface area contributed by atoms with Crippen molar-refractivity contribution in [2.24, 2.45) is 0 Å². The lowest BCUT2D eigenvalue weighted by atomic mass is 9.99. The summed E-state index contributed by atoms with van der Waals surface area (Å²) >= 11 is 0. The second-order valence-corrected chi connectivity index (χ2v) is 16.6. The largest absolute Gasteiger partial charge is 0.353 e. The van der Waals surface area contributed by atoms with Gasteiger partial charge in [-0.15, -0.1) is 0 Å². The van der Waals surface area contributed by atoms with E-state index in [9.17, 15) is 33.7 Å². The summed E-state index contributed by atoms with van der Waals surface area (Å²) in [5, 5.41) is 0. The Kier molecular flexibility index (Phi) is 11.3. The van der Waals surface area contributed by atoms with Gasteiger partial charge in [0.25, 0.3) is 40.5 Å². The van der Waals surface area contributed by atoms with Crippen LogP contribution in [0.5, 0.6) is 0 Å². The van der Waals surface area contributed by atoms with Crippen LogP contribution in [0.2, 0.25) is 0 Å². The summed E-state index contributed by atoms with van der Waals surface area (Å²) in [4.78, 5) is -1.36. The molecular formula is C31H30O14S4. The van der Waals surface area contributed by atoms with Crippen LogP contribution in [0.15, 0.2) is 141 Å². The molecule has 14 nitrogen and oxygen atoms in total. The van der Waals surface area contributed by atoms with Crippen molar-refractivity contribution in [1.29, 1.82) is 0 Å². The Labute approximate surface area is 284 Å². The maximum atomic E-state index is 13.6. The molecule has 0 amide bonds. The lowest BCUT2D eigenvalue weighted by molar-refractivity contribution is -0.277. The van der Waals surface area contributed by atoms with Gasteiger partial charge in [0, 0.05) is 7.11 Å². The SMILES string of the molecule is CO[C@H]1O[C@H](COS(=O)(=O)c2ccccc2)[C@@H](OS(=O)(=O)c2ccccc2)[C@H](OS(=O)(=O)c2ccccc2)[C@H]1OS(=O)(=O)c1ccccc1. The molecule has 262 valence electrons. The Bertz CT molecular complexity index is 2130. The number of rotatable bonds is 14. The second-order valence-electron chi connectivity index (χ2n) is 10.3. The summed E-state index contributed by atoms with van der Waals surface area (Å²) in [5.41, 5.74) is 0. The van der Waals surface area contributed by atoms with Crippen molar-refractivity contribution >= 4 is 40.5 Å². The fourth-order valence-corrected chi connectivity index (χ4v) is 8.98. The highest BCUT2D eigenvalue weighted by Gasteiger charge is 2.54. The Balaban J connectivity index is 1.62. The van der Waals surface area contributed by atoms with Gasteiger partial charge in [-0.2, -0.15) is 33.7 Å². The minimum Gasteiger partial charge on any atom is -0.353 e. The molecule has 0 bridgehead atoms. The van der Waals surface area contributed by atoms with Gasteiger partial charge >= 0.3 is 0 Å². The van der Waals surface area contributed by atoms with Gasteiger partial charge in [-0.25, -0.2) is 0 Å². The van der Waals surface area contributed by atoms with Gasteiger partial charge in [-0.05, 0) is 48.5 Å². The molecule has 5 rings (SSSR count). The van der Waals surface area contributed by atoms with Gasteiger partial charge < -0.3 is 9.47 Å². The van der Waals surface area contributed by atoms with Crippen molar-refractivity contribution < 1.29 is 59.9 Å². The van der Waals surface area contributed by atoms with Crippen LogP contribution in [-0.4, -0.2) is 78.1 Å². The van der Waals surface area contributed by atoms with Gasteiger partial charge in [0.05, 0.1) is 26.2 Å². The maximum absolute atomic E-state index is 13.6. The van der Waals surface area contributed by atoms with Crippen LogP contribution < -0.4 is 0 Å².